The molecule has 0 bridgehead atoms. The Morgan fingerprint density at radius 3 is 2.55 bits per heavy atom. The molecule has 2 heterocycles. The van der Waals surface area contributed by atoms with E-state index in [2.05, 4.69) is 27.8 Å². The minimum atomic E-state index is -1.80. The van der Waals surface area contributed by atoms with Crippen LogP contribution in [0.2, 0.25) is 0 Å². The SMILES string of the molecule is CCOC(=O)C(CO)(CC#CCN1CCCCC1c1cccnc1)C(=O)OCC. The molecule has 1 unspecified atom stereocenters. The van der Waals surface area contributed by atoms with Crippen molar-refractivity contribution in [1.82, 2.24) is 9.88 Å². The molecule has 0 aromatic carbocycles. The van der Waals surface area contributed by atoms with Crippen LogP contribution in [-0.4, -0.2) is 59.8 Å². The monoisotopic (exact) mass is 402 g/mol. The van der Waals surface area contributed by atoms with E-state index in [-0.39, 0.29) is 25.7 Å². The van der Waals surface area contributed by atoms with E-state index in [9.17, 15) is 14.7 Å². The lowest BCUT2D eigenvalue weighted by molar-refractivity contribution is -0.174. The fourth-order valence-corrected chi connectivity index (χ4v) is 3.45. The van der Waals surface area contributed by atoms with E-state index in [1.807, 2.05) is 12.3 Å². The first-order valence-corrected chi connectivity index (χ1v) is 10.1. The molecule has 7 nitrogen and oxygen atoms in total. The second-order valence-corrected chi connectivity index (χ2v) is 6.98. The molecule has 1 aliphatic rings. The number of piperidine rings is 1. The normalized spacial score (nSPS) is 17.1. The average Bonchev–Trinajstić information content (AvgIpc) is 2.75. The first-order valence-electron chi connectivity index (χ1n) is 10.1. The highest BCUT2D eigenvalue weighted by Crippen LogP contribution is 2.30. The van der Waals surface area contributed by atoms with E-state index < -0.39 is 24.0 Å². The van der Waals surface area contributed by atoms with Crippen LogP contribution in [0.25, 0.3) is 0 Å². The van der Waals surface area contributed by atoms with E-state index >= 15 is 0 Å². The number of aliphatic hydroxyl groups excluding tert-OH is 1. The number of aromatic nitrogens is 1. The molecule has 1 fully saturated rings. The quantitative estimate of drug-likeness (QED) is 0.405. The zero-order valence-electron chi connectivity index (χ0n) is 17.2. The van der Waals surface area contributed by atoms with Gasteiger partial charge in [0.2, 0.25) is 0 Å². The molecular weight excluding hydrogens is 372 g/mol. The summed E-state index contributed by atoms with van der Waals surface area (Å²) in [6.45, 7) is 4.23. The zero-order valence-corrected chi connectivity index (χ0v) is 17.2. The highest BCUT2D eigenvalue weighted by molar-refractivity contribution is 6.00. The predicted octanol–water partition coefficient (Wildman–Crippen LogP) is 2.11. The Morgan fingerprint density at radius 1 is 1.24 bits per heavy atom. The Bertz CT molecular complexity index is 708. The van der Waals surface area contributed by atoms with Crippen LogP contribution in [0.5, 0.6) is 0 Å². The van der Waals surface area contributed by atoms with Gasteiger partial charge in [0, 0.05) is 24.9 Å². The van der Waals surface area contributed by atoms with Crippen molar-refractivity contribution in [2.24, 2.45) is 5.41 Å². The maximum atomic E-state index is 12.4. The van der Waals surface area contributed by atoms with Gasteiger partial charge in [-0.1, -0.05) is 18.4 Å². The molecular formula is C22H30N2O5. The van der Waals surface area contributed by atoms with Crippen molar-refractivity contribution in [3.63, 3.8) is 0 Å². The molecule has 0 radical (unpaired) electrons. The molecule has 0 spiro atoms. The molecule has 1 N–H and O–H groups in total. The number of carbonyl (C=O) groups excluding carboxylic acids is 2. The molecule has 2 rings (SSSR count). The molecule has 158 valence electrons. The highest BCUT2D eigenvalue weighted by atomic mass is 16.6. The summed E-state index contributed by atoms with van der Waals surface area (Å²) in [5.74, 6) is 4.37. The zero-order chi connectivity index (χ0) is 21.1. The topological polar surface area (TPSA) is 89.0 Å². The smallest absolute Gasteiger partial charge is 0.326 e. The molecule has 0 saturated carbocycles. The molecule has 1 aliphatic heterocycles. The summed E-state index contributed by atoms with van der Waals surface area (Å²) < 4.78 is 10.0. The Balaban J connectivity index is 2.11. The molecule has 29 heavy (non-hydrogen) atoms. The van der Waals surface area contributed by atoms with Gasteiger partial charge in [-0.2, -0.15) is 0 Å². The summed E-state index contributed by atoms with van der Waals surface area (Å²) in [5.41, 5.74) is -0.638. The van der Waals surface area contributed by atoms with E-state index in [0.29, 0.717) is 6.54 Å². The van der Waals surface area contributed by atoms with Crippen LogP contribution in [-0.2, 0) is 19.1 Å². The summed E-state index contributed by atoms with van der Waals surface area (Å²) in [6, 6.07) is 4.26. The van der Waals surface area contributed by atoms with Crippen LogP contribution in [0.4, 0.5) is 0 Å². The lowest BCUT2D eigenvalue weighted by Crippen LogP contribution is -2.45. The van der Waals surface area contributed by atoms with Crippen LogP contribution in [0.15, 0.2) is 24.5 Å². The average molecular weight is 402 g/mol. The lowest BCUT2D eigenvalue weighted by atomic mass is 9.85. The summed E-state index contributed by atoms with van der Waals surface area (Å²) in [6.07, 6.45) is 6.80. The number of likely N-dealkylation sites (tertiary alicyclic amines) is 1. The third-order valence-corrected chi connectivity index (χ3v) is 5.08. The van der Waals surface area contributed by atoms with Gasteiger partial charge in [-0.05, 0) is 44.9 Å². The van der Waals surface area contributed by atoms with E-state index in [1.54, 1.807) is 20.0 Å². The molecule has 0 amide bonds. The number of nitrogens with zero attached hydrogens (tertiary/aromatic N) is 2. The van der Waals surface area contributed by atoms with Gasteiger partial charge in [-0.3, -0.25) is 19.5 Å². The van der Waals surface area contributed by atoms with Crippen LogP contribution in [0, 0.1) is 17.3 Å². The lowest BCUT2D eigenvalue weighted by Gasteiger charge is -2.34. The van der Waals surface area contributed by atoms with Gasteiger partial charge in [0.15, 0.2) is 5.41 Å². The third kappa shape index (κ3) is 5.78. The summed E-state index contributed by atoms with van der Waals surface area (Å²) in [7, 11) is 0. The number of rotatable bonds is 8. The highest BCUT2D eigenvalue weighted by Gasteiger charge is 2.48. The van der Waals surface area contributed by atoms with Crippen molar-refractivity contribution in [2.45, 2.75) is 45.6 Å². The Hall–Kier alpha value is -2.43. The van der Waals surface area contributed by atoms with Crippen LogP contribution >= 0.6 is 0 Å². The van der Waals surface area contributed by atoms with Gasteiger partial charge in [0.05, 0.1) is 26.4 Å². The number of hydrogen-bond acceptors (Lipinski definition) is 7. The fourth-order valence-electron chi connectivity index (χ4n) is 3.45. The van der Waals surface area contributed by atoms with Gasteiger partial charge in [-0.15, -0.1) is 5.92 Å². The van der Waals surface area contributed by atoms with Crippen molar-refractivity contribution in [1.29, 1.82) is 0 Å². The molecule has 0 aliphatic carbocycles. The molecule has 1 aromatic rings. The second-order valence-electron chi connectivity index (χ2n) is 6.98. The van der Waals surface area contributed by atoms with Crippen molar-refractivity contribution in [3.8, 4) is 11.8 Å². The van der Waals surface area contributed by atoms with Gasteiger partial charge >= 0.3 is 11.9 Å². The van der Waals surface area contributed by atoms with E-state index in [4.69, 9.17) is 9.47 Å². The second kappa shape index (κ2) is 11.5. The Kier molecular flexibility index (Phi) is 9.10. The van der Waals surface area contributed by atoms with Crippen LogP contribution in [0.1, 0.15) is 51.1 Å². The largest absolute Gasteiger partial charge is 0.465 e. The maximum absolute atomic E-state index is 12.4. The van der Waals surface area contributed by atoms with Crippen molar-refractivity contribution < 1.29 is 24.2 Å². The van der Waals surface area contributed by atoms with Gasteiger partial charge in [0.25, 0.3) is 0 Å². The first kappa shape index (κ1) is 22.9. The van der Waals surface area contributed by atoms with E-state index in [1.165, 1.54) is 0 Å². The molecule has 1 atom stereocenters. The Morgan fingerprint density at radius 2 is 1.97 bits per heavy atom. The third-order valence-electron chi connectivity index (χ3n) is 5.08. The number of carbonyl (C=O) groups is 2. The van der Waals surface area contributed by atoms with Gasteiger partial charge < -0.3 is 14.6 Å². The van der Waals surface area contributed by atoms with Gasteiger partial charge in [-0.25, -0.2) is 0 Å². The standard InChI is InChI=1S/C22H30N2O5/c1-3-28-20(26)22(17-25,21(27)29-4-2)12-6-8-15-24-14-7-5-11-19(24)18-10-9-13-23-16-18/h9-10,13,16,19,25H,3-5,7,11-12,14-15,17H2,1-2H3. The predicted molar refractivity (Wildman–Crippen MR) is 108 cm³/mol. The van der Waals surface area contributed by atoms with Crippen molar-refractivity contribution in [3.05, 3.63) is 30.1 Å². The number of esters is 2. The number of pyridine rings is 1. The minimum absolute atomic E-state index is 0.105. The summed E-state index contributed by atoms with van der Waals surface area (Å²) >= 11 is 0. The Labute approximate surface area is 172 Å². The van der Waals surface area contributed by atoms with E-state index in [0.717, 1.165) is 31.4 Å². The van der Waals surface area contributed by atoms with Gasteiger partial charge in [0.1, 0.15) is 0 Å². The number of ether oxygens (including phenoxy) is 2. The minimum Gasteiger partial charge on any atom is -0.465 e. The van der Waals surface area contributed by atoms with Crippen molar-refractivity contribution in [2.75, 3.05) is 32.9 Å². The molecule has 1 saturated heterocycles. The maximum Gasteiger partial charge on any atom is 0.326 e. The molecule has 7 heteroatoms. The summed E-state index contributed by atoms with van der Waals surface area (Å²) in [5, 5.41) is 9.82. The van der Waals surface area contributed by atoms with Crippen molar-refractivity contribution >= 4 is 11.9 Å². The molecule has 1 aromatic heterocycles. The summed E-state index contributed by atoms with van der Waals surface area (Å²) in [4.78, 5) is 31.2. The van der Waals surface area contributed by atoms with Crippen LogP contribution < -0.4 is 0 Å². The number of aliphatic hydroxyl groups is 1. The number of hydrogen-bond donors (Lipinski definition) is 1. The fraction of sp³-hybridized carbons (Fsp3) is 0.591. The first-order chi connectivity index (χ1) is 14.1. The van der Waals surface area contributed by atoms with Crippen LogP contribution in [0.3, 0.4) is 0 Å².